The van der Waals surface area contributed by atoms with E-state index in [1.165, 1.54) is 154 Å². The Morgan fingerprint density at radius 1 is 0.524 bits per heavy atom. The maximum Gasteiger partial charge on any atom is 0.184 e. The Morgan fingerprint density at radius 2 is 0.833 bits per heavy atom. The van der Waals surface area contributed by atoms with Crippen LogP contribution in [0.5, 0.6) is 0 Å². The van der Waals surface area contributed by atoms with Gasteiger partial charge in [-0.15, -0.1) is 0 Å². The summed E-state index contributed by atoms with van der Waals surface area (Å²) in [6, 6.07) is 0. The van der Waals surface area contributed by atoms with Gasteiger partial charge in [-0.2, -0.15) is 0 Å². The van der Waals surface area contributed by atoms with Crippen molar-refractivity contribution in [3.63, 3.8) is 0 Å². The molecule has 1 rings (SSSR count). The molecule has 0 spiro atoms. The maximum absolute atomic E-state index is 10.1. The van der Waals surface area contributed by atoms with Crippen LogP contribution in [0.3, 0.4) is 0 Å². The monoisotopic (exact) mass is 599 g/mol. The molecule has 0 amide bonds. The highest BCUT2D eigenvalue weighted by Crippen LogP contribution is 2.23. The minimum absolute atomic E-state index is 0.0749. The minimum atomic E-state index is -0.738. The molecular weight excluding hydrogens is 524 g/mol. The molecular formula is C37H74O5. The Bertz CT molecular complexity index is 556. The predicted octanol–water partition coefficient (Wildman–Crippen LogP) is 10.2. The lowest BCUT2D eigenvalue weighted by molar-refractivity contribution is -0.273. The van der Waals surface area contributed by atoms with Crippen molar-refractivity contribution in [2.45, 2.75) is 237 Å². The Kier molecular flexibility index (Phi) is 26.8. The topological polar surface area (TPSA) is 79.2 Å². The van der Waals surface area contributed by atoms with Gasteiger partial charge < -0.3 is 24.8 Å². The summed E-state index contributed by atoms with van der Waals surface area (Å²) < 4.78 is 11.5. The van der Waals surface area contributed by atoms with Crippen molar-refractivity contribution in [3.8, 4) is 0 Å². The van der Waals surface area contributed by atoms with E-state index in [1.54, 1.807) is 0 Å². The number of hydrogen-bond acceptors (Lipinski definition) is 5. The van der Waals surface area contributed by atoms with Gasteiger partial charge in [0.1, 0.15) is 6.10 Å². The van der Waals surface area contributed by atoms with E-state index in [-0.39, 0.29) is 18.3 Å². The second-order valence-electron chi connectivity index (χ2n) is 13.8. The van der Waals surface area contributed by atoms with Crippen LogP contribution in [0.15, 0.2) is 0 Å². The second kappa shape index (κ2) is 28.3. The van der Waals surface area contributed by atoms with Gasteiger partial charge in [0.15, 0.2) is 6.29 Å². The molecule has 6 atom stereocenters. The van der Waals surface area contributed by atoms with Gasteiger partial charge in [0.05, 0.1) is 24.4 Å². The molecule has 5 heteroatoms. The molecule has 0 aliphatic carbocycles. The van der Waals surface area contributed by atoms with E-state index in [0.29, 0.717) is 6.42 Å². The van der Waals surface area contributed by atoms with Crippen LogP contribution >= 0.6 is 0 Å². The van der Waals surface area contributed by atoms with Gasteiger partial charge in [-0.25, -0.2) is 0 Å². The molecule has 1 fully saturated rings. The average molecular weight is 599 g/mol. The van der Waals surface area contributed by atoms with Gasteiger partial charge in [0, 0.05) is 6.42 Å². The third kappa shape index (κ3) is 24.2. The zero-order valence-electron chi connectivity index (χ0n) is 28.4. The van der Waals surface area contributed by atoms with E-state index in [1.807, 2.05) is 13.8 Å². The predicted molar refractivity (Wildman–Crippen MR) is 178 cm³/mol. The summed E-state index contributed by atoms with van der Waals surface area (Å²) in [6.45, 7) is 5.78. The zero-order chi connectivity index (χ0) is 30.7. The Labute approximate surface area is 261 Å². The first-order valence-corrected chi connectivity index (χ1v) is 18.7. The van der Waals surface area contributed by atoms with Crippen LogP contribution < -0.4 is 0 Å². The van der Waals surface area contributed by atoms with Gasteiger partial charge in [-0.1, -0.05) is 161 Å². The molecule has 1 aliphatic heterocycles. The second-order valence-corrected chi connectivity index (χ2v) is 13.8. The van der Waals surface area contributed by atoms with Crippen molar-refractivity contribution < 1.29 is 24.8 Å². The lowest BCUT2D eigenvalue weighted by Gasteiger charge is -2.36. The van der Waals surface area contributed by atoms with Crippen LogP contribution in [0.25, 0.3) is 0 Å². The number of ether oxygens (including phenoxy) is 2. The third-order valence-electron chi connectivity index (χ3n) is 9.29. The molecule has 252 valence electrons. The number of aliphatic hydroxyl groups excluding tert-OH is 3. The molecule has 5 nitrogen and oxygen atoms in total. The molecule has 42 heavy (non-hydrogen) atoms. The lowest BCUT2D eigenvalue weighted by Crippen LogP contribution is -2.48. The van der Waals surface area contributed by atoms with Crippen LogP contribution in [0.4, 0.5) is 0 Å². The molecule has 1 aliphatic rings. The van der Waals surface area contributed by atoms with E-state index >= 15 is 0 Å². The average Bonchev–Trinajstić information content (AvgIpc) is 2.95. The van der Waals surface area contributed by atoms with Crippen LogP contribution in [-0.2, 0) is 9.47 Å². The van der Waals surface area contributed by atoms with Crippen LogP contribution in [-0.4, -0.2) is 52.1 Å². The van der Waals surface area contributed by atoms with Gasteiger partial charge in [0.25, 0.3) is 0 Å². The molecule has 0 aromatic rings. The summed E-state index contributed by atoms with van der Waals surface area (Å²) in [7, 11) is 0. The fourth-order valence-corrected chi connectivity index (χ4v) is 6.30. The molecule has 0 aromatic heterocycles. The third-order valence-corrected chi connectivity index (χ3v) is 9.29. The van der Waals surface area contributed by atoms with Gasteiger partial charge in [-0.05, 0) is 33.6 Å². The Morgan fingerprint density at radius 3 is 1.17 bits per heavy atom. The largest absolute Gasteiger partial charge is 0.393 e. The number of hydrogen-bond donors (Lipinski definition) is 3. The number of aliphatic hydroxyl groups is 3. The smallest absolute Gasteiger partial charge is 0.184 e. The van der Waals surface area contributed by atoms with Crippen LogP contribution in [0.1, 0.15) is 201 Å². The SMILES string of the molecule is CC(O)CCCCCCCCCCCCCCCCCCCCCCCCCCCC(C)OC1OC(C)C(O)CC1O. The van der Waals surface area contributed by atoms with Crippen molar-refractivity contribution in [2.75, 3.05) is 0 Å². The highest BCUT2D eigenvalue weighted by atomic mass is 16.7. The molecule has 1 heterocycles. The molecule has 0 bridgehead atoms. The van der Waals surface area contributed by atoms with Crippen LogP contribution in [0, 0.1) is 0 Å². The number of unbranched alkanes of at least 4 members (excludes halogenated alkanes) is 24. The summed E-state index contributed by atoms with van der Waals surface area (Å²) in [5.74, 6) is 0. The molecule has 0 aromatic carbocycles. The van der Waals surface area contributed by atoms with Gasteiger partial charge in [-0.3, -0.25) is 0 Å². The van der Waals surface area contributed by atoms with E-state index in [0.717, 1.165) is 19.3 Å². The zero-order valence-corrected chi connectivity index (χ0v) is 28.4. The summed E-state index contributed by atoms with van der Waals surface area (Å²) in [6.07, 6.45) is 34.6. The first-order chi connectivity index (χ1) is 20.4. The standard InChI is InChI=1S/C37H74O5/c1-32(38)29-27-25-23-21-19-17-15-13-11-9-7-5-4-6-8-10-12-14-16-18-20-22-24-26-28-30-33(2)41-37-36(40)31-35(39)34(3)42-37/h32-40H,4-31H2,1-3H3. The fraction of sp³-hybridized carbons (Fsp3) is 1.00. The first kappa shape index (κ1) is 39.8. The summed E-state index contributed by atoms with van der Waals surface area (Å²) in [4.78, 5) is 0. The van der Waals surface area contributed by atoms with Crippen molar-refractivity contribution in [1.29, 1.82) is 0 Å². The molecule has 6 unspecified atom stereocenters. The summed E-state index contributed by atoms with van der Waals surface area (Å²) >= 11 is 0. The van der Waals surface area contributed by atoms with E-state index < -0.39 is 18.5 Å². The van der Waals surface area contributed by atoms with E-state index in [4.69, 9.17) is 9.47 Å². The molecule has 0 saturated carbocycles. The highest BCUT2D eigenvalue weighted by Gasteiger charge is 2.35. The van der Waals surface area contributed by atoms with Crippen molar-refractivity contribution in [3.05, 3.63) is 0 Å². The van der Waals surface area contributed by atoms with Gasteiger partial charge >= 0.3 is 0 Å². The molecule has 0 radical (unpaired) electrons. The quantitative estimate of drug-likeness (QED) is 0.0717. The lowest BCUT2D eigenvalue weighted by atomic mass is 10.0. The van der Waals surface area contributed by atoms with Gasteiger partial charge in [0.2, 0.25) is 0 Å². The number of rotatable bonds is 30. The molecule has 3 N–H and O–H groups in total. The van der Waals surface area contributed by atoms with E-state index in [2.05, 4.69) is 6.92 Å². The maximum atomic E-state index is 10.1. The van der Waals surface area contributed by atoms with Crippen molar-refractivity contribution in [1.82, 2.24) is 0 Å². The Hall–Kier alpha value is -0.200. The first-order valence-electron chi connectivity index (χ1n) is 18.7. The van der Waals surface area contributed by atoms with Crippen molar-refractivity contribution >= 4 is 0 Å². The van der Waals surface area contributed by atoms with E-state index in [9.17, 15) is 15.3 Å². The minimum Gasteiger partial charge on any atom is -0.393 e. The fourth-order valence-electron chi connectivity index (χ4n) is 6.30. The highest BCUT2D eigenvalue weighted by molar-refractivity contribution is 4.78. The van der Waals surface area contributed by atoms with Crippen molar-refractivity contribution in [2.24, 2.45) is 0 Å². The normalized spacial score (nSPS) is 22.4. The summed E-state index contributed by atoms with van der Waals surface area (Å²) in [5.41, 5.74) is 0. The Balaban J connectivity index is 1.70. The molecule has 1 saturated heterocycles. The van der Waals surface area contributed by atoms with Crippen LogP contribution in [0.2, 0.25) is 0 Å². The summed E-state index contributed by atoms with van der Waals surface area (Å²) in [5, 5.41) is 29.1.